The Morgan fingerprint density at radius 2 is 0.891 bits per heavy atom. The van der Waals surface area contributed by atoms with E-state index in [0.29, 0.717) is 0 Å². The zero-order valence-corrected chi connectivity index (χ0v) is 25.0. The van der Waals surface area contributed by atoms with E-state index in [4.69, 9.17) is 0 Å². The number of nitrogens with one attached hydrogen (secondary N) is 1. The van der Waals surface area contributed by atoms with Crippen LogP contribution >= 0.6 is 0 Å². The van der Waals surface area contributed by atoms with Crippen LogP contribution in [0, 0.1) is 0 Å². The zero-order chi connectivity index (χ0) is 30.0. The lowest BCUT2D eigenvalue weighted by atomic mass is 9.70. The van der Waals surface area contributed by atoms with Crippen LogP contribution in [0.2, 0.25) is 0 Å². The van der Waals surface area contributed by atoms with Gasteiger partial charge in [0.25, 0.3) is 0 Å². The van der Waals surface area contributed by atoms with Gasteiger partial charge in [0.05, 0.1) is 5.41 Å². The van der Waals surface area contributed by atoms with Crippen LogP contribution in [0.4, 0.5) is 0 Å². The molecule has 0 unspecified atom stereocenters. The lowest BCUT2D eigenvalue weighted by Crippen LogP contribution is -2.25. The summed E-state index contributed by atoms with van der Waals surface area (Å²) in [5.41, 5.74) is 15.3. The van der Waals surface area contributed by atoms with Crippen LogP contribution in [0.3, 0.4) is 0 Å². The zero-order valence-electron chi connectivity index (χ0n) is 25.0. The van der Waals surface area contributed by atoms with Crippen molar-refractivity contribution in [3.8, 4) is 33.4 Å². The first-order valence-corrected chi connectivity index (χ1v) is 16.1. The lowest BCUT2D eigenvalue weighted by Gasteiger charge is -2.30. The predicted octanol–water partition coefficient (Wildman–Crippen LogP) is 11.6. The quantitative estimate of drug-likeness (QED) is 0.186. The molecule has 11 rings (SSSR count). The van der Waals surface area contributed by atoms with Crippen molar-refractivity contribution in [1.82, 2.24) is 4.98 Å². The van der Waals surface area contributed by atoms with Crippen molar-refractivity contribution in [2.45, 2.75) is 5.41 Å². The van der Waals surface area contributed by atoms with E-state index < -0.39 is 0 Å². The summed E-state index contributed by atoms with van der Waals surface area (Å²) in [7, 11) is 0. The molecule has 0 bridgehead atoms. The Kier molecular flexibility index (Phi) is 4.57. The third-order valence-corrected chi connectivity index (χ3v) is 10.8. The smallest absolute Gasteiger partial charge is 0.0725 e. The average molecular weight is 582 g/mol. The third kappa shape index (κ3) is 2.96. The minimum Gasteiger partial charge on any atom is -0.354 e. The largest absolute Gasteiger partial charge is 0.354 e. The van der Waals surface area contributed by atoms with Crippen LogP contribution in [0.15, 0.2) is 158 Å². The summed E-state index contributed by atoms with van der Waals surface area (Å²) in [5, 5.41) is 7.68. The summed E-state index contributed by atoms with van der Waals surface area (Å²) in [6.45, 7) is 0. The van der Waals surface area contributed by atoms with Gasteiger partial charge < -0.3 is 4.98 Å². The fraction of sp³-hybridized carbons (Fsp3) is 0.0222. The normalized spacial score (nSPS) is 13.8. The number of hydrogen-bond acceptors (Lipinski definition) is 0. The van der Waals surface area contributed by atoms with Crippen molar-refractivity contribution in [3.05, 3.63) is 180 Å². The van der Waals surface area contributed by atoms with Crippen LogP contribution in [-0.4, -0.2) is 4.98 Å². The topological polar surface area (TPSA) is 15.8 Å². The number of benzene rings is 8. The first kappa shape index (κ1) is 24.4. The van der Waals surface area contributed by atoms with Crippen molar-refractivity contribution >= 4 is 43.4 Å². The molecular weight excluding hydrogens is 555 g/mol. The highest BCUT2D eigenvalue weighted by molar-refractivity contribution is 6.22. The van der Waals surface area contributed by atoms with Gasteiger partial charge in [-0.2, -0.15) is 0 Å². The fourth-order valence-corrected chi connectivity index (χ4v) is 8.87. The van der Waals surface area contributed by atoms with Crippen molar-refractivity contribution in [2.75, 3.05) is 0 Å². The van der Waals surface area contributed by atoms with Crippen LogP contribution in [0.5, 0.6) is 0 Å². The molecule has 0 aliphatic heterocycles. The first-order chi connectivity index (χ1) is 22.8. The molecular formula is C45H27N. The SMILES string of the molecule is c1ccc2c(c1)-c1ccccc1C21c2ccccc2-c2ccc(-c3ccc4[nH]c5ccc6cc7ccccc7cc6c5c4c3)cc21. The van der Waals surface area contributed by atoms with Gasteiger partial charge in [0.15, 0.2) is 0 Å². The van der Waals surface area contributed by atoms with Crippen LogP contribution in [0.1, 0.15) is 22.3 Å². The minimum atomic E-state index is -0.336. The highest BCUT2D eigenvalue weighted by Gasteiger charge is 2.51. The Morgan fingerprint density at radius 3 is 1.59 bits per heavy atom. The van der Waals surface area contributed by atoms with Gasteiger partial charge in [0.1, 0.15) is 0 Å². The third-order valence-electron chi connectivity index (χ3n) is 10.8. The van der Waals surface area contributed by atoms with Crippen molar-refractivity contribution < 1.29 is 0 Å². The predicted molar refractivity (Wildman–Crippen MR) is 193 cm³/mol. The highest BCUT2D eigenvalue weighted by Crippen LogP contribution is 2.63. The van der Waals surface area contributed by atoms with Crippen LogP contribution in [0.25, 0.3) is 76.7 Å². The molecule has 1 aromatic heterocycles. The molecule has 1 N–H and O–H groups in total. The average Bonchev–Trinajstić information content (AvgIpc) is 3.74. The van der Waals surface area contributed by atoms with E-state index in [2.05, 4.69) is 163 Å². The minimum absolute atomic E-state index is 0.336. The summed E-state index contributed by atoms with van der Waals surface area (Å²) < 4.78 is 0. The summed E-state index contributed by atoms with van der Waals surface area (Å²) >= 11 is 0. The van der Waals surface area contributed by atoms with Crippen molar-refractivity contribution in [2.24, 2.45) is 0 Å². The van der Waals surface area contributed by atoms with Crippen LogP contribution in [-0.2, 0) is 5.41 Å². The lowest BCUT2D eigenvalue weighted by molar-refractivity contribution is 0.794. The van der Waals surface area contributed by atoms with Gasteiger partial charge in [-0.1, -0.05) is 121 Å². The molecule has 1 spiro atoms. The molecule has 1 heterocycles. The summed E-state index contributed by atoms with van der Waals surface area (Å²) in [4.78, 5) is 3.71. The Bertz CT molecular complexity index is 2700. The Hall–Kier alpha value is -5.92. The molecule has 212 valence electrons. The van der Waals surface area contributed by atoms with Crippen molar-refractivity contribution in [1.29, 1.82) is 0 Å². The summed E-state index contributed by atoms with van der Waals surface area (Å²) in [6.07, 6.45) is 0. The monoisotopic (exact) mass is 581 g/mol. The van der Waals surface area contributed by atoms with Gasteiger partial charge in [-0.25, -0.2) is 0 Å². The van der Waals surface area contributed by atoms with Gasteiger partial charge in [-0.15, -0.1) is 0 Å². The molecule has 0 saturated carbocycles. The summed E-state index contributed by atoms with van der Waals surface area (Å²) in [6, 6.07) is 59.0. The van der Waals surface area contributed by atoms with E-state index in [0.717, 1.165) is 0 Å². The molecule has 0 amide bonds. The Morgan fingerprint density at radius 1 is 0.348 bits per heavy atom. The number of H-pyrrole nitrogens is 1. The Balaban J connectivity index is 1.18. The second kappa shape index (κ2) is 8.62. The van der Waals surface area contributed by atoms with Gasteiger partial charge in [0.2, 0.25) is 0 Å². The van der Waals surface area contributed by atoms with Gasteiger partial charge in [-0.3, -0.25) is 0 Å². The molecule has 2 aliphatic rings. The maximum Gasteiger partial charge on any atom is 0.0725 e. The molecule has 0 radical (unpaired) electrons. The first-order valence-electron chi connectivity index (χ1n) is 16.1. The Labute approximate surface area is 266 Å². The number of hydrogen-bond donors (Lipinski definition) is 1. The van der Waals surface area contributed by atoms with E-state index >= 15 is 0 Å². The summed E-state index contributed by atoms with van der Waals surface area (Å²) in [5.74, 6) is 0. The van der Waals surface area contributed by atoms with E-state index in [-0.39, 0.29) is 5.41 Å². The van der Waals surface area contributed by atoms with E-state index in [1.54, 1.807) is 0 Å². The molecule has 2 aliphatic carbocycles. The second-order valence-corrected chi connectivity index (χ2v) is 12.9. The molecule has 8 aromatic carbocycles. The molecule has 9 aromatic rings. The second-order valence-electron chi connectivity index (χ2n) is 12.9. The van der Waals surface area contributed by atoms with E-state index in [1.807, 2.05) is 0 Å². The number of aromatic amines is 1. The van der Waals surface area contributed by atoms with Gasteiger partial charge in [-0.05, 0) is 114 Å². The number of fused-ring (bicyclic) bond motifs is 16. The maximum absolute atomic E-state index is 3.71. The molecule has 0 fully saturated rings. The van der Waals surface area contributed by atoms with E-state index in [1.165, 1.54) is 99.0 Å². The fourth-order valence-electron chi connectivity index (χ4n) is 8.87. The van der Waals surface area contributed by atoms with Gasteiger partial charge >= 0.3 is 0 Å². The number of rotatable bonds is 1. The highest BCUT2D eigenvalue weighted by atomic mass is 14.7. The van der Waals surface area contributed by atoms with E-state index in [9.17, 15) is 0 Å². The van der Waals surface area contributed by atoms with Crippen molar-refractivity contribution in [3.63, 3.8) is 0 Å². The molecule has 0 saturated heterocycles. The van der Waals surface area contributed by atoms with Crippen LogP contribution < -0.4 is 0 Å². The van der Waals surface area contributed by atoms with Gasteiger partial charge in [0, 0.05) is 21.8 Å². The molecule has 1 heteroatoms. The number of aromatic nitrogens is 1. The standard InChI is InChI=1S/C45H27N/c1-2-10-28-24-36-31(23-27(28)9-1)19-22-43-44(36)37-25-29(18-21-42(37)46-43)30-17-20-35-34-13-5-8-16-40(34)45(41(35)26-30)38-14-6-3-11-32(38)33-12-4-7-15-39(33)45/h1-26,46H. The molecule has 46 heavy (non-hydrogen) atoms. The maximum atomic E-state index is 3.71. The molecule has 0 atom stereocenters. The molecule has 1 nitrogen and oxygen atoms in total.